The van der Waals surface area contributed by atoms with Gasteiger partial charge in [-0.25, -0.2) is 4.39 Å². The van der Waals surface area contributed by atoms with Gasteiger partial charge >= 0.3 is 0 Å². The van der Waals surface area contributed by atoms with Gasteiger partial charge in [0.1, 0.15) is 0 Å². The lowest BCUT2D eigenvalue weighted by molar-refractivity contribution is 0.248. The largest absolute Gasteiger partial charge is 0.481 e. The minimum absolute atomic E-state index is 0.0668. The Morgan fingerprint density at radius 3 is 2.71 bits per heavy atom. The molecule has 1 aromatic carbocycles. The first-order valence-corrected chi connectivity index (χ1v) is 7.16. The monoisotopic (exact) mass is 293 g/mol. The number of aryl methyl sites for hydroxylation is 1. The molecule has 0 bridgehead atoms. The van der Waals surface area contributed by atoms with Crippen LogP contribution in [0.2, 0.25) is 0 Å². The van der Waals surface area contributed by atoms with E-state index in [1.807, 2.05) is 13.0 Å². The molecule has 5 nitrogen and oxygen atoms in total. The Morgan fingerprint density at radius 2 is 2.05 bits per heavy atom. The summed E-state index contributed by atoms with van der Waals surface area (Å²) in [6.07, 6.45) is 1.72. The van der Waals surface area contributed by atoms with Crippen molar-refractivity contribution in [1.82, 2.24) is 15.5 Å². The number of hydrogen-bond acceptors (Lipinski definition) is 5. The average molecular weight is 293 g/mol. The zero-order valence-corrected chi connectivity index (χ0v) is 12.4. The van der Waals surface area contributed by atoms with E-state index in [0.29, 0.717) is 24.7 Å². The van der Waals surface area contributed by atoms with Crippen molar-refractivity contribution in [3.8, 4) is 5.75 Å². The molecule has 6 heteroatoms. The molecular weight excluding hydrogens is 273 g/mol. The summed E-state index contributed by atoms with van der Waals surface area (Å²) in [5, 5.41) is 10.9. The molecule has 0 spiro atoms. The highest BCUT2D eigenvalue weighted by Gasteiger charge is 2.08. The third-order valence-electron chi connectivity index (χ3n) is 2.91. The normalized spacial score (nSPS) is 10.8. The van der Waals surface area contributed by atoms with Crippen molar-refractivity contribution < 1.29 is 13.5 Å². The lowest BCUT2D eigenvalue weighted by Crippen LogP contribution is -2.13. The molecule has 1 N–H and O–H groups in total. The Kier molecular flexibility index (Phi) is 5.68. The molecule has 0 fully saturated rings. The number of aromatic nitrogens is 2. The van der Waals surface area contributed by atoms with Crippen LogP contribution in [0, 0.1) is 5.82 Å². The van der Waals surface area contributed by atoms with Gasteiger partial charge in [-0.15, -0.1) is 10.2 Å². The summed E-state index contributed by atoms with van der Waals surface area (Å²) >= 11 is 0. The van der Waals surface area contributed by atoms with Crippen LogP contribution < -0.4 is 10.1 Å². The summed E-state index contributed by atoms with van der Waals surface area (Å²) in [7, 11) is 0. The van der Waals surface area contributed by atoms with E-state index in [2.05, 4.69) is 22.4 Å². The molecule has 0 atom stereocenters. The highest BCUT2D eigenvalue weighted by molar-refractivity contribution is 5.29. The predicted octanol–water partition coefficient (Wildman–Crippen LogP) is 2.85. The standard InChI is InChI=1S/C15H20FN3O2/c1-3-7-17-9-11-5-6-13(12(16)8-11)20-10-15-19-18-14(4-2)21-15/h5-6,8,17H,3-4,7,9-10H2,1-2H3. The molecule has 0 aliphatic rings. The van der Waals surface area contributed by atoms with Gasteiger partial charge in [-0.1, -0.05) is 19.9 Å². The van der Waals surface area contributed by atoms with Gasteiger partial charge in [-0.3, -0.25) is 0 Å². The van der Waals surface area contributed by atoms with Crippen LogP contribution in [0.4, 0.5) is 4.39 Å². The molecule has 1 aromatic heterocycles. The molecule has 0 amide bonds. The van der Waals surface area contributed by atoms with Crippen LogP contribution >= 0.6 is 0 Å². The molecule has 2 rings (SSSR count). The first kappa shape index (κ1) is 15.4. The van der Waals surface area contributed by atoms with Crippen LogP contribution in [-0.2, 0) is 19.6 Å². The fourth-order valence-corrected chi connectivity index (χ4v) is 1.81. The fraction of sp³-hybridized carbons (Fsp3) is 0.467. The molecule has 114 valence electrons. The highest BCUT2D eigenvalue weighted by Crippen LogP contribution is 2.19. The second kappa shape index (κ2) is 7.73. The average Bonchev–Trinajstić information content (AvgIpc) is 2.95. The van der Waals surface area contributed by atoms with E-state index >= 15 is 0 Å². The van der Waals surface area contributed by atoms with Gasteiger partial charge in [0.25, 0.3) is 5.89 Å². The lowest BCUT2D eigenvalue weighted by Gasteiger charge is -2.07. The van der Waals surface area contributed by atoms with Gasteiger partial charge in [-0.05, 0) is 30.7 Å². The van der Waals surface area contributed by atoms with Crippen molar-refractivity contribution in [2.24, 2.45) is 0 Å². The van der Waals surface area contributed by atoms with Crippen LogP contribution in [0.1, 0.15) is 37.6 Å². The third-order valence-corrected chi connectivity index (χ3v) is 2.91. The van der Waals surface area contributed by atoms with E-state index in [0.717, 1.165) is 18.5 Å². The molecule has 0 aliphatic heterocycles. The minimum atomic E-state index is -0.388. The number of hydrogen-bond donors (Lipinski definition) is 1. The SMILES string of the molecule is CCCNCc1ccc(OCc2nnc(CC)o2)c(F)c1. The van der Waals surface area contributed by atoms with Gasteiger partial charge in [0.15, 0.2) is 18.2 Å². The topological polar surface area (TPSA) is 60.2 Å². The summed E-state index contributed by atoms with van der Waals surface area (Å²) in [5.74, 6) is 0.692. The fourth-order valence-electron chi connectivity index (χ4n) is 1.81. The zero-order chi connectivity index (χ0) is 15.1. The van der Waals surface area contributed by atoms with Crippen LogP contribution in [0.15, 0.2) is 22.6 Å². The van der Waals surface area contributed by atoms with E-state index < -0.39 is 0 Å². The third kappa shape index (κ3) is 4.53. The van der Waals surface area contributed by atoms with E-state index in [1.54, 1.807) is 6.07 Å². The molecular formula is C15H20FN3O2. The number of rotatable bonds is 8. The van der Waals surface area contributed by atoms with Gasteiger partial charge in [0.05, 0.1) is 0 Å². The van der Waals surface area contributed by atoms with Crippen LogP contribution in [0.5, 0.6) is 5.75 Å². The van der Waals surface area contributed by atoms with Crippen molar-refractivity contribution >= 4 is 0 Å². The van der Waals surface area contributed by atoms with E-state index in [4.69, 9.17) is 9.15 Å². The van der Waals surface area contributed by atoms with Crippen molar-refractivity contribution in [2.75, 3.05) is 6.54 Å². The van der Waals surface area contributed by atoms with Crippen LogP contribution in [-0.4, -0.2) is 16.7 Å². The quantitative estimate of drug-likeness (QED) is 0.758. The molecule has 0 saturated carbocycles. The molecule has 2 aromatic rings. The Labute approximate surface area is 123 Å². The smallest absolute Gasteiger partial charge is 0.253 e. The van der Waals surface area contributed by atoms with E-state index in [9.17, 15) is 4.39 Å². The van der Waals surface area contributed by atoms with Crippen molar-refractivity contribution in [3.63, 3.8) is 0 Å². The Hall–Kier alpha value is -1.95. The first-order valence-electron chi connectivity index (χ1n) is 7.16. The lowest BCUT2D eigenvalue weighted by atomic mass is 10.2. The predicted molar refractivity (Wildman–Crippen MR) is 76.4 cm³/mol. The van der Waals surface area contributed by atoms with Crippen LogP contribution in [0.25, 0.3) is 0 Å². The maximum atomic E-state index is 13.9. The zero-order valence-electron chi connectivity index (χ0n) is 12.4. The van der Waals surface area contributed by atoms with Gasteiger partial charge in [-0.2, -0.15) is 0 Å². The molecule has 21 heavy (non-hydrogen) atoms. The Morgan fingerprint density at radius 1 is 1.24 bits per heavy atom. The molecule has 0 saturated heterocycles. The van der Waals surface area contributed by atoms with Gasteiger partial charge in [0, 0.05) is 13.0 Å². The molecule has 0 unspecified atom stereocenters. The van der Waals surface area contributed by atoms with Crippen molar-refractivity contribution in [3.05, 3.63) is 41.4 Å². The maximum absolute atomic E-state index is 13.9. The van der Waals surface area contributed by atoms with Gasteiger partial charge < -0.3 is 14.5 Å². The van der Waals surface area contributed by atoms with Gasteiger partial charge in [0.2, 0.25) is 5.89 Å². The number of halogens is 1. The number of ether oxygens (including phenoxy) is 1. The Balaban J connectivity index is 1.91. The van der Waals surface area contributed by atoms with Crippen molar-refractivity contribution in [1.29, 1.82) is 0 Å². The van der Waals surface area contributed by atoms with Crippen LogP contribution in [0.3, 0.4) is 0 Å². The summed E-state index contributed by atoms with van der Waals surface area (Å²) in [6, 6.07) is 4.94. The molecule has 0 radical (unpaired) electrons. The number of nitrogens with one attached hydrogen (secondary N) is 1. The summed E-state index contributed by atoms with van der Waals surface area (Å²) in [4.78, 5) is 0. The number of nitrogens with zero attached hydrogens (tertiary/aromatic N) is 2. The van der Waals surface area contributed by atoms with Crippen molar-refractivity contribution in [2.45, 2.75) is 39.8 Å². The molecule has 1 heterocycles. The minimum Gasteiger partial charge on any atom is -0.481 e. The Bertz CT molecular complexity index is 572. The summed E-state index contributed by atoms with van der Waals surface area (Å²) in [5.41, 5.74) is 0.888. The summed E-state index contributed by atoms with van der Waals surface area (Å²) in [6.45, 7) is 5.64. The second-order valence-electron chi connectivity index (χ2n) is 4.67. The highest BCUT2D eigenvalue weighted by atomic mass is 19.1. The van der Waals surface area contributed by atoms with E-state index in [1.165, 1.54) is 6.07 Å². The molecule has 0 aliphatic carbocycles. The maximum Gasteiger partial charge on any atom is 0.253 e. The number of benzene rings is 1. The first-order chi connectivity index (χ1) is 10.2. The van der Waals surface area contributed by atoms with E-state index in [-0.39, 0.29) is 18.2 Å². The summed E-state index contributed by atoms with van der Waals surface area (Å²) < 4.78 is 24.6. The second-order valence-corrected chi connectivity index (χ2v) is 4.67.